The molecule has 120 valence electrons. The maximum absolute atomic E-state index is 12.2. The number of nitrogens with zero attached hydrogens (tertiary/aromatic N) is 1. The highest BCUT2D eigenvalue weighted by atomic mass is 16.5. The third kappa shape index (κ3) is 5.61. The number of rotatable bonds is 5. The van der Waals surface area contributed by atoms with Crippen LogP contribution in [0.5, 0.6) is 0 Å². The van der Waals surface area contributed by atoms with Crippen molar-refractivity contribution in [1.29, 1.82) is 0 Å². The van der Waals surface area contributed by atoms with Gasteiger partial charge in [0.2, 0.25) is 0 Å². The standard InChI is InChI=1S/C14H24N2O5/c1-9-6-10(2)8-16(7-9)14(20)15-11(13(18)19)4-5-12(17)21-3/h9-11H,4-8H2,1-3H3,(H,15,20)(H,18,19)/t9?,10?,11-/m1/s1. The highest BCUT2D eigenvalue weighted by molar-refractivity contribution is 5.83. The van der Waals surface area contributed by atoms with Gasteiger partial charge in [-0.05, 0) is 24.7 Å². The molecule has 0 aromatic rings. The molecule has 1 saturated heterocycles. The maximum Gasteiger partial charge on any atom is 0.326 e. The molecule has 7 nitrogen and oxygen atoms in total. The molecule has 0 aromatic carbocycles. The number of nitrogens with one attached hydrogen (secondary N) is 1. The van der Waals surface area contributed by atoms with E-state index in [0.717, 1.165) is 6.42 Å². The van der Waals surface area contributed by atoms with Crippen molar-refractivity contribution in [2.45, 2.75) is 39.2 Å². The number of likely N-dealkylation sites (tertiary alicyclic amines) is 1. The van der Waals surface area contributed by atoms with Crippen LogP contribution in [0.15, 0.2) is 0 Å². The topological polar surface area (TPSA) is 95.9 Å². The quantitative estimate of drug-likeness (QED) is 0.741. The molecule has 1 aliphatic rings. The first-order valence-electron chi connectivity index (χ1n) is 7.18. The average molecular weight is 300 g/mol. The van der Waals surface area contributed by atoms with E-state index in [0.29, 0.717) is 24.9 Å². The minimum atomic E-state index is -1.15. The van der Waals surface area contributed by atoms with Gasteiger partial charge in [0.1, 0.15) is 6.04 Å². The van der Waals surface area contributed by atoms with Crippen molar-refractivity contribution >= 4 is 18.0 Å². The number of carboxylic acids is 1. The van der Waals surface area contributed by atoms with E-state index >= 15 is 0 Å². The zero-order chi connectivity index (χ0) is 16.0. The number of carbonyl (C=O) groups is 3. The second kappa shape index (κ2) is 7.85. The summed E-state index contributed by atoms with van der Waals surface area (Å²) in [6, 6.07) is -1.46. The summed E-state index contributed by atoms with van der Waals surface area (Å²) in [5, 5.41) is 11.6. The van der Waals surface area contributed by atoms with E-state index in [-0.39, 0.29) is 18.9 Å². The Kier molecular flexibility index (Phi) is 6.45. The Bertz CT molecular complexity index is 389. The highest BCUT2D eigenvalue weighted by Gasteiger charge is 2.28. The van der Waals surface area contributed by atoms with Crippen molar-refractivity contribution < 1.29 is 24.2 Å². The molecule has 0 saturated carbocycles. The van der Waals surface area contributed by atoms with Crippen molar-refractivity contribution in [3.63, 3.8) is 0 Å². The molecule has 3 atom stereocenters. The second-order valence-electron chi connectivity index (χ2n) is 5.81. The first kappa shape index (κ1) is 17.3. The Morgan fingerprint density at radius 2 is 1.86 bits per heavy atom. The van der Waals surface area contributed by atoms with Crippen molar-refractivity contribution in [3.05, 3.63) is 0 Å². The lowest BCUT2D eigenvalue weighted by atomic mass is 9.92. The van der Waals surface area contributed by atoms with Crippen LogP contribution < -0.4 is 5.32 Å². The number of piperidine rings is 1. The maximum atomic E-state index is 12.2. The predicted molar refractivity (Wildman–Crippen MR) is 75.7 cm³/mol. The fourth-order valence-corrected chi connectivity index (χ4v) is 2.69. The van der Waals surface area contributed by atoms with Crippen molar-refractivity contribution in [3.8, 4) is 0 Å². The third-order valence-electron chi connectivity index (χ3n) is 3.62. The van der Waals surface area contributed by atoms with E-state index in [2.05, 4.69) is 23.9 Å². The van der Waals surface area contributed by atoms with Crippen molar-refractivity contribution in [2.75, 3.05) is 20.2 Å². The van der Waals surface area contributed by atoms with Crippen LogP contribution in [0, 0.1) is 11.8 Å². The summed E-state index contributed by atoms with van der Waals surface area (Å²) in [6.07, 6.45) is 1.04. The van der Waals surface area contributed by atoms with Crippen molar-refractivity contribution in [2.24, 2.45) is 11.8 Å². The number of methoxy groups -OCH3 is 1. The molecular weight excluding hydrogens is 276 g/mol. The Hall–Kier alpha value is -1.79. The van der Waals surface area contributed by atoms with Crippen LogP contribution in [0.25, 0.3) is 0 Å². The Labute approximate surface area is 124 Å². The lowest BCUT2D eigenvalue weighted by Crippen LogP contribution is -2.52. The lowest BCUT2D eigenvalue weighted by Gasteiger charge is -2.35. The number of hydrogen-bond donors (Lipinski definition) is 2. The molecule has 2 unspecified atom stereocenters. The molecule has 1 heterocycles. The van der Waals surface area contributed by atoms with Gasteiger partial charge in [0.25, 0.3) is 0 Å². The van der Waals surface area contributed by atoms with Crippen LogP contribution in [0.2, 0.25) is 0 Å². The van der Waals surface area contributed by atoms with Gasteiger partial charge >= 0.3 is 18.0 Å². The van der Waals surface area contributed by atoms with Gasteiger partial charge in [-0.2, -0.15) is 0 Å². The largest absolute Gasteiger partial charge is 0.480 e. The number of urea groups is 1. The lowest BCUT2D eigenvalue weighted by molar-refractivity contribution is -0.142. The average Bonchev–Trinajstić information content (AvgIpc) is 2.41. The fraction of sp³-hybridized carbons (Fsp3) is 0.786. The summed E-state index contributed by atoms with van der Waals surface area (Å²) < 4.78 is 4.47. The Morgan fingerprint density at radius 3 is 2.33 bits per heavy atom. The highest BCUT2D eigenvalue weighted by Crippen LogP contribution is 2.20. The molecule has 0 spiro atoms. The van der Waals surface area contributed by atoms with Crippen LogP contribution in [0.4, 0.5) is 4.79 Å². The molecule has 0 aromatic heterocycles. The summed E-state index contributed by atoms with van der Waals surface area (Å²) in [7, 11) is 1.24. The van der Waals surface area contributed by atoms with E-state index in [1.54, 1.807) is 4.90 Å². The number of esters is 1. The molecule has 0 aliphatic carbocycles. The third-order valence-corrected chi connectivity index (χ3v) is 3.62. The molecule has 2 amide bonds. The van der Waals surface area contributed by atoms with Gasteiger partial charge in [-0.1, -0.05) is 13.8 Å². The van der Waals surface area contributed by atoms with Gasteiger partial charge in [-0.3, -0.25) is 4.79 Å². The van der Waals surface area contributed by atoms with Crippen molar-refractivity contribution in [1.82, 2.24) is 10.2 Å². The van der Waals surface area contributed by atoms with Gasteiger partial charge in [0, 0.05) is 19.5 Å². The molecule has 7 heteroatoms. The van der Waals surface area contributed by atoms with E-state index in [1.807, 2.05) is 0 Å². The Balaban J connectivity index is 2.55. The van der Waals surface area contributed by atoms with E-state index in [4.69, 9.17) is 5.11 Å². The predicted octanol–water partition coefficient (Wildman–Crippen LogP) is 1.08. The van der Waals surface area contributed by atoms with E-state index in [1.165, 1.54) is 7.11 Å². The summed E-state index contributed by atoms with van der Waals surface area (Å²) in [5.41, 5.74) is 0. The van der Waals surface area contributed by atoms with Crippen LogP contribution >= 0.6 is 0 Å². The van der Waals surface area contributed by atoms with Crippen LogP contribution in [-0.2, 0) is 14.3 Å². The van der Waals surface area contributed by atoms with Gasteiger partial charge in [-0.15, -0.1) is 0 Å². The number of carbonyl (C=O) groups excluding carboxylic acids is 2. The normalized spacial score (nSPS) is 23.3. The molecule has 1 aliphatic heterocycles. The number of hydrogen-bond acceptors (Lipinski definition) is 4. The zero-order valence-corrected chi connectivity index (χ0v) is 12.8. The molecule has 21 heavy (non-hydrogen) atoms. The molecular formula is C14H24N2O5. The molecule has 2 N–H and O–H groups in total. The summed E-state index contributed by atoms with van der Waals surface area (Å²) in [6.45, 7) is 5.39. The van der Waals surface area contributed by atoms with Gasteiger partial charge in [0.15, 0.2) is 0 Å². The van der Waals surface area contributed by atoms with Crippen LogP contribution in [0.1, 0.15) is 33.1 Å². The molecule has 1 rings (SSSR count). The minimum absolute atomic E-state index is 0.0205. The van der Waals surface area contributed by atoms with E-state index in [9.17, 15) is 14.4 Å². The summed E-state index contributed by atoms with van der Waals surface area (Å²) in [4.78, 5) is 36.0. The van der Waals surface area contributed by atoms with Crippen LogP contribution in [-0.4, -0.2) is 54.2 Å². The number of aliphatic carboxylic acids is 1. The number of carboxylic acid groups (broad SMARTS) is 1. The molecule has 0 radical (unpaired) electrons. The minimum Gasteiger partial charge on any atom is -0.480 e. The monoisotopic (exact) mass is 300 g/mol. The van der Waals surface area contributed by atoms with Gasteiger partial charge in [-0.25, -0.2) is 9.59 Å². The molecule has 0 bridgehead atoms. The smallest absolute Gasteiger partial charge is 0.326 e. The number of amides is 2. The summed E-state index contributed by atoms with van der Waals surface area (Å²) >= 11 is 0. The fourth-order valence-electron chi connectivity index (χ4n) is 2.69. The summed E-state index contributed by atoms with van der Waals surface area (Å²) in [5.74, 6) is -0.836. The zero-order valence-electron chi connectivity index (χ0n) is 12.8. The van der Waals surface area contributed by atoms with Crippen LogP contribution in [0.3, 0.4) is 0 Å². The van der Waals surface area contributed by atoms with Gasteiger partial charge in [0.05, 0.1) is 7.11 Å². The first-order chi connectivity index (χ1) is 9.83. The Morgan fingerprint density at radius 1 is 1.29 bits per heavy atom. The SMILES string of the molecule is COC(=O)CC[C@@H](NC(=O)N1CC(C)CC(C)C1)C(=O)O. The first-order valence-corrected chi connectivity index (χ1v) is 7.18. The van der Waals surface area contributed by atoms with Gasteiger partial charge < -0.3 is 20.1 Å². The molecule has 1 fully saturated rings. The number of ether oxygens (including phenoxy) is 1. The van der Waals surface area contributed by atoms with E-state index < -0.39 is 18.0 Å². The second-order valence-corrected chi connectivity index (χ2v) is 5.81.